The largest absolute Gasteiger partial charge is 0.320 e. The summed E-state index contributed by atoms with van der Waals surface area (Å²) in [7, 11) is 0. The van der Waals surface area contributed by atoms with Crippen molar-refractivity contribution in [1.29, 1.82) is 0 Å². The van der Waals surface area contributed by atoms with Crippen LogP contribution in [0.25, 0.3) is 10.9 Å². The number of pyridine rings is 2. The van der Waals surface area contributed by atoms with Gasteiger partial charge in [0.2, 0.25) is 5.56 Å². The van der Waals surface area contributed by atoms with Crippen molar-refractivity contribution in [1.82, 2.24) is 9.97 Å². The molecule has 74 valence electrons. The highest BCUT2D eigenvalue weighted by molar-refractivity contribution is 5.79. The minimum Gasteiger partial charge on any atom is -0.320 e. The van der Waals surface area contributed by atoms with Crippen LogP contribution in [-0.4, -0.2) is 9.97 Å². The second-order valence-electron chi connectivity index (χ2n) is 2.68. The summed E-state index contributed by atoms with van der Waals surface area (Å²) in [5.41, 5.74) is 1.59. The fraction of sp³-hybridized carbons (Fsp3) is 0.273. The number of nitrogens with one attached hydrogen (secondary N) is 1. The van der Waals surface area contributed by atoms with Crippen LogP contribution in [0.3, 0.4) is 0 Å². The molecule has 0 spiro atoms. The Morgan fingerprint density at radius 1 is 1.21 bits per heavy atom. The molecule has 0 aliphatic heterocycles. The van der Waals surface area contributed by atoms with Crippen molar-refractivity contribution in [3.05, 3.63) is 40.4 Å². The van der Waals surface area contributed by atoms with Crippen LogP contribution in [-0.2, 0) is 0 Å². The van der Waals surface area contributed by atoms with Crippen molar-refractivity contribution in [3.8, 4) is 0 Å². The lowest BCUT2D eigenvalue weighted by molar-refractivity contribution is 1.19. The van der Waals surface area contributed by atoms with Gasteiger partial charge in [-0.15, -0.1) is 0 Å². The highest BCUT2D eigenvalue weighted by Gasteiger charge is 1.96. The summed E-state index contributed by atoms with van der Waals surface area (Å²) in [5.74, 6) is 0. The predicted octanol–water partition coefficient (Wildman–Crippen LogP) is 2.26. The molecule has 0 aliphatic carbocycles. The number of H-pyrrole nitrogens is 1. The van der Waals surface area contributed by atoms with Gasteiger partial charge in [-0.2, -0.15) is 0 Å². The van der Waals surface area contributed by atoms with E-state index in [1.807, 2.05) is 26.8 Å². The third-order valence-electron chi connectivity index (χ3n) is 1.84. The Balaban J connectivity index is 0.000000461. The molecule has 0 unspecified atom stereocenters. The molecule has 0 saturated heterocycles. The van der Waals surface area contributed by atoms with E-state index in [0.29, 0.717) is 0 Å². The molecule has 1 N–H and O–H groups in total. The van der Waals surface area contributed by atoms with Crippen molar-refractivity contribution >= 4 is 10.9 Å². The van der Waals surface area contributed by atoms with E-state index in [2.05, 4.69) is 9.97 Å². The van der Waals surface area contributed by atoms with Crippen molar-refractivity contribution in [2.24, 2.45) is 0 Å². The summed E-state index contributed by atoms with van der Waals surface area (Å²) in [6, 6.07) is 5.18. The number of rotatable bonds is 0. The van der Waals surface area contributed by atoms with Crippen LogP contribution in [0.4, 0.5) is 0 Å². The van der Waals surface area contributed by atoms with Gasteiger partial charge in [0, 0.05) is 17.6 Å². The molecule has 14 heavy (non-hydrogen) atoms. The standard InChI is InChI=1S/C9H8N2O.C2H6/c1-6-9-7(4-5-10-6)2-3-8(12)11-9;1-2/h2-5H,1H3,(H,11,12);1-2H3. The van der Waals surface area contributed by atoms with Crippen LogP contribution < -0.4 is 5.56 Å². The third kappa shape index (κ3) is 1.99. The molecule has 3 nitrogen and oxygen atoms in total. The molecule has 0 fully saturated rings. The minimum atomic E-state index is -0.0846. The highest BCUT2D eigenvalue weighted by Crippen LogP contribution is 2.09. The molecule has 0 radical (unpaired) electrons. The van der Waals surface area contributed by atoms with E-state index in [1.165, 1.54) is 6.07 Å². The van der Waals surface area contributed by atoms with E-state index in [-0.39, 0.29) is 5.56 Å². The SMILES string of the molecule is CC.Cc1nccc2ccc(=O)[nH]c12. The Hall–Kier alpha value is -1.64. The Kier molecular flexibility index (Phi) is 3.40. The lowest BCUT2D eigenvalue weighted by Crippen LogP contribution is -2.03. The number of hydrogen-bond donors (Lipinski definition) is 1. The van der Waals surface area contributed by atoms with Gasteiger partial charge >= 0.3 is 0 Å². The molecule has 2 aromatic rings. The van der Waals surface area contributed by atoms with Crippen molar-refractivity contribution in [2.75, 3.05) is 0 Å². The quantitative estimate of drug-likeness (QED) is 0.692. The van der Waals surface area contributed by atoms with Gasteiger partial charge in [0.25, 0.3) is 0 Å². The van der Waals surface area contributed by atoms with Gasteiger partial charge in [-0.3, -0.25) is 9.78 Å². The van der Waals surface area contributed by atoms with Crippen LogP contribution in [0.2, 0.25) is 0 Å². The van der Waals surface area contributed by atoms with Crippen molar-refractivity contribution < 1.29 is 0 Å². The molecular weight excluding hydrogens is 176 g/mol. The number of aromatic amines is 1. The molecule has 0 saturated carbocycles. The summed E-state index contributed by atoms with van der Waals surface area (Å²) in [4.78, 5) is 17.8. The van der Waals surface area contributed by atoms with Gasteiger partial charge in [-0.05, 0) is 19.1 Å². The maximum absolute atomic E-state index is 11.0. The Morgan fingerprint density at radius 3 is 2.64 bits per heavy atom. The van der Waals surface area contributed by atoms with Crippen LogP contribution in [0, 0.1) is 6.92 Å². The van der Waals surface area contributed by atoms with Crippen molar-refractivity contribution in [3.63, 3.8) is 0 Å². The zero-order valence-corrected chi connectivity index (χ0v) is 8.66. The normalized spacial score (nSPS) is 9.36. The first-order valence-electron chi connectivity index (χ1n) is 4.72. The third-order valence-corrected chi connectivity index (χ3v) is 1.84. The molecule has 2 heterocycles. The van der Waals surface area contributed by atoms with Gasteiger partial charge in [0.1, 0.15) is 0 Å². The number of aromatic nitrogens is 2. The van der Waals surface area contributed by atoms with Gasteiger partial charge in [0.05, 0.1) is 11.2 Å². The number of hydrogen-bond acceptors (Lipinski definition) is 2. The van der Waals surface area contributed by atoms with Crippen LogP contribution >= 0.6 is 0 Å². The van der Waals surface area contributed by atoms with E-state index < -0.39 is 0 Å². The first-order valence-corrected chi connectivity index (χ1v) is 4.72. The zero-order chi connectivity index (χ0) is 10.6. The average Bonchev–Trinajstić information content (AvgIpc) is 2.22. The highest BCUT2D eigenvalue weighted by atomic mass is 16.1. The molecule has 0 aliphatic rings. The minimum absolute atomic E-state index is 0.0846. The maximum atomic E-state index is 11.0. The molecule has 2 rings (SSSR count). The average molecular weight is 190 g/mol. The van der Waals surface area contributed by atoms with Gasteiger partial charge in [0.15, 0.2) is 0 Å². The Bertz CT molecular complexity index is 474. The van der Waals surface area contributed by atoms with E-state index in [1.54, 1.807) is 12.3 Å². The van der Waals surface area contributed by atoms with Gasteiger partial charge in [-0.25, -0.2) is 0 Å². The van der Waals surface area contributed by atoms with Crippen LogP contribution in [0.1, 0.15) is 19.5 Å². The first kappa shape index (κ1) is 10.4. The first-order chi connectivity index (χ1) is 6.77. The predicted molar refractivity (Wildman–Crippen MR) is 58.4 cm³/mol. The van der Waals surface area contributed by atoms with E-state index in [9.17, 15) is 4.79 Å². The molecule has 0 atom stereocenters. The topological polar surface area (TPSA) is 45.8 Å². The van der Waals surface area contributed by atoms with E-state index >= 15 is 0 Å². The van der Waals surface area contributed by atoms with E-state index in [0.717, 1.165) is 16.6 Å². The maximum Gasteiger partial charge on any atom is 0.248 e. The van der Waals surface area contributed by atoms with Crippen molar-refractivity contribution in [2.45, 2.75) is 20.8 Å². The summed E-state index contributed by atoms with van der Waals surface area (Å²) >= 11 is 0. The Morgan fingerprint density at radius 2 is 1.93 bits per heavy atom. The number of aryl methyl sites for hydroxylation is 1. The Labute approximate surface area is 82.8 Å². The zero-order valence-electron chi connectivity index (χ0n) is 8.66. The molecule has 2 aromatic heterocycles. The summed E-state index contributed by atoms with van der Waals surface area (Å²) < 4.78 is 0. The summed E-state index contributed by atoms with van der Waals surface area (Å²) in [6.45, 7) is 5.87. The van der Waals surface area contributed by atoms with Crippen LogP contribution in [0.15, 0.2) is 29.2 Å². The fourth-order valence-corrected chi connectivity index (χ4v) is 1.22. The number of nitrogens with zero attached hydrogens (tertiary/aromatic N) is 1. The van der Waals surface area contributed by atoms with Gasteiger partial charge < -0.3 is 4.98 Å². The molecule has 0 amide bonds. The molecule has 0 aromatic carbocycles. The molecule has 0 bridgehead atoms. The summed E-state index contributed by atoms with van der Waals surface area (Å²) in [5, 5.41) is 1.02. The fourth-order valence-electron chi connectivity index (χ4n) is 1.22. The van der Waals surface area contributed by atoms with E-state index in [4.69, 9.17) is 0 Å². The smallest absolute Gasteiger partial charge is 0.248 e. The van der Waals surface area contributed by atoms with Crippen LogP contribution in [0.5, 0.6) is 0 Å². The number of fused-ring (bicyclic) bond motifs is 1. The second kappa shape index (κ2) is 4.56. The lowest BCUT2D eigenvalue weighted by Gasteiger charge is -1.98. The molecule has 3 heteroatoms. The van der Waals surface area contributed by atoms with Gasteiger partial charge in [-0.1, -0.05) is 13.8 Å². The monoisotopic (exact) mass is 190 g/mol. The second-order valence-corrected chi connectivity index (χ2v) is 2.68. The lowest BCUT2D eigenvalue weighted by atomic mass is 10.2. The molecular formula is C11H14N2O. The summed E-state index contributed by atoms with van der Waals surface area (Å²) in [6.07, 6.45) is 1.73.